The lowest BCUT2D eigenvalue weighted by molar-refractivity contribution is -0.120. The topological polar surface area (TPSA) is 85.8 Å². The van der Waals surface area contributed by atoms with Crippen LogP contribution in [0.25, 0.3) is 0 Å². The lowest BCUT2D eigenvalue weighted by Crippen LogP contribution is -2.54. The molecule has 1 fully saturated rings. The molecule has 0 unspecified atom stereocenters. The van der Waals surface area contributed by atoms with Crippen molar-refractivity contribution < 1.29 is 4.79 Å². The summed E-state index contributed by atoms with van der Waals surface area (Å²) in [5.74, 6) is 1.50. The first-order valence-electron chi connectivity index (χ1n) is 7.99. The quantitative estimate of drug-likeness (QED) is 0.384. The van der Waals surface area contributed by atoms with Crippen molar-refractivity contribution >= 4 is 41.8 Å². The second kappa shape index (κ2) is 11.0. The number of nitrogens with zero attached hydrogens (tertiary/aromatic N) is 5. The molecule has 1 saturated heterocycles. The molecule has 2 N–H and O–H groups in total. The van der Waals surface area contributed by atoms with Crippen molar-refractivity contribution in [3.63, 3.8) is 0 Å². The van der Waals surface area contributed by atoms with Crippen LogP contribution in [0.5, 0.6) is 0 Å². The maximum Gasteiger partial charge on any atom is 0.239 e. The van der Waals surface area contributed by atoms with Crippen LogP contribution in [-0.4, -0.2) is 73.1 Å². The molecule has 1 aromatic rings. The van der Waals surface area contributed by atoms with E-state index in [1.165, 1.54) is 0 Å². The predicted molar refractivity (Wildman–Crippen MR) is 106 cm³/mol. The fourth-order valence-corrected chi connectivity index (χ4v) is 2.39. The molecule has 1 aromatic heterocycles. The molecule has 1 aliphatic heterocycles. The molecule has 134 valence electrons. The zero-order chi connectivity index (χ0) is 16.5. The van der Waals surface area contributed by atoms with Crippen LogP contribution < -0.4 is 15.5 Å². The number of carbonyl (C=O) groups is 1. The number of hydrogen-bond acceptors (Lipinski definition) is 5. The van der Waals surface area contributed by atoms with Gasteiger partial charge in [-0.2, -0.15) is 0 Å². The van der Waals surface area contributed by atoms with Crippen LogP contribution in [-0.2, 0) is 4.79 Å². The van der Waals surface area contributed by atoms with Crippen LogP contribution in [0.15, 0.2) is 23.5 Å². The van der Waals surface area contributed by atoms with Gasteiger partial charge in [-0.25, -0.2) is 9.97 Å². The lowest BCUT2D eigenvalue weighted by atomic mass is 10.3. The summed E-state index contributed by atoms with van der Waals surface area (Å²) in [4.78, 5) is 28.8. The molecule has 0 spiro atoms. The van der Waals surface area contributed by atoms with Gasteiger partial charge in [-0.15, -0.1) is 24.0 Å². The first-order chi connectivity index (χ1) is 11.2. The van der Waals surface area contributed by atoms with E-state index in [2.05, 4.69) is 35.4 Å². The van der Waals surface area contributed by atoms with Crippen molar-refractivity contribution in [2.75, 3.05) is 51.2 Å². The number of guanidine groups is 1. The SMILES string of the molecule is CCCNC(=O)CNC(=NC)N1CCN(c2ncccn2)CC1.I. The minimum absolute atomic E-state index is 0. The van der Waals surface area contributed by atoms with Gasteiger partial charge in [0, 0.05) is 52.2 Å². The summed E-state index contributed by atoms with van der Waals surface area (Å²) in [5, 5.41) is 5.96. The van der Waals surface area contributed by atoms with Gasteiger partial charge >= 0.3 is 0 Å². The molecule has 0 bridgehead atoms. The molecule has 1 aliphatic rings. The number of aromatic nitrogens is 2. The van der Waals surface area contributed by atoms with Crippen LogP contribution in [0.3, 0.4) is 0 Å². The summed E-state index contributed by atoms with van der Waals surface area (Å²) in [7, 11) is 1.74. The second-order valence-corrected chi connectivity index (χ2v) is 5.27. The largest absolute Gasteiger partial charge is 0.355 e. The monoisotopic (exact) mass is 447 g/mol. The molecule has 9 heteroatoms. The van der Waals surface area contributed by atoms with Crippen LogP contribution in [0, 0.1) is 0 Å². The number of nitrogens with one attached hydrogen (secondary N) is 2. The Hall–Kier alpha value is -1.65. The molecule has 1 amide bonds. The summed E-state index contributed by atoms with van der Waals surface area (Å²) in [6.45, 7) is 6.26. The predicted octanol–water partition coefficient (Wildman–Crippen LogP) is 0.318. The molecule has 0 atom stereocenters. The average molecular weight is 447 g/mol. The third-order valence-corrected chi connectivity index (χ3v) is 3.61. The maximum absolute atomic E-state index is 11.7. The first-order valence-corrected chi connectivity index (χ1v) is 7.99. The Morgan fingerprint density at radius 1 is 1.21 bits per heavy atom. The fourth-order valence-electron chi connectivity index (χ4n) is 2.39. The third kappa shape index (κ3) is 6.10. The van der Waals surface area contributed by atoms with Gasteiger partial charge in [-0.1, -0.05) is 6.92 Å². The Morgan fingerprint density at radius 2 is 1.88 bits per heavy atom. The van der Waals surface area contributed by atoms with E-state index in [0.717, 1.165) is 44.5 Å². The molecular weight excluding hydrogens is 421 g/mol. The van der Waals surface area contributed by atoms with E-state index < -0.39 is 0 Å². The summed E-state index contributed by atoms with van der Waals surface area (Å²) < 4.78 is 0. The normalized spacial score (nSPS) is 14.8. The van der Waals surface area contributed by atoms with Gasteiger partial charge in [0.05, 0.1) is 6.54 Å². The molecule has 2 rings (SSSR count). The molecule has 24 heavy (non-hydrogen) atoms. The maximum atomic E-state index is 11.7. The van der Waals surface area contributed by atoms with Gasteiger partial charge in [0.15, 0.2) is 5.96 Å². The number of aliphatic imine (C=N–C) groups is 1. The van der Waals surface area contributed by atoms with Gasteiger partial charge < -0.3 is 20.4 Å². The summed E-state index contributed by atoms with van der Waals surface area (Å²) in [6.07, 6.45) is 4.44. The van der Waals surface area contributed by atoms with E-state index in [1.54, 1.807) is 19.4 Å². The van der Waals surface area contributed by atoms with Gasteiger partial charge in [-0.05, 0) is 12.5 Å². The number of halogens is 1. The van der Waals surface area contributed by atoms with Crippen molar-refractivity contribution in [2.24, 2.45) is 4.99 Å². The van der Waals surface area contributed by atoms with Crippen LogP contribution in [0.1, 0.15) is 13.3 Å². The zero-order valence-corrected chi connectivity index (χ0v) is 16.6. The first kappa shape index (κ1) is 20.4. The number of amides is 1. The summed E-state index contributed by atoms with van der Waals surface area (Å²) >= 11 is 0. The van der Waals surface area contributed by atoms with Crippen molar-refractivity contribution in [1.29, 1.82) is 0 Å². The summed E-state index contributed by atoms with van der Waals surface area (Å²) in [6, 6.07) is 1.81. The number of carbonyl (C=O) groups excluding carboxylic acids is 1. The Labute approximate surface area is 160 Å². The standard InChI is InChI=1S/C15H25N7O.HI/c1-3-5-17-13(23)12-20-14(16-2)21-8-10-22(11-9-21)15-18-6-4-7-19-15;/h4,6-7H,3,5,8-12H2,1-2H3,(H,16,20)(H,17,23);1H. The number of anilines is 1. The molecule has 0 aliphatic carbocycles. The van der Waals surface area contributed by atoms with Gasteiger partial charge in [-0.3, -0.25) is 9.79 Å². The molecule has 0 saturated carbocycles. The van der Waals surface area contributed by atoms with Crippen LogP contribution in [0.2, 0.25) is 0 Å². The third-order valence-electron chi connectivity index (χ3n) is 3.61. The van der Waals surface area contributed by atoms with Crippen molar-refractivity contribution in [3.05, 3.63) is 18.5 Å². The van der Waals surface area contributed by atoms with E-state index in [4.69, 9.17) is 0 Å². The minimum atomic E-state index is -0.00989. The number of rotatable bonds is 5. The van der Waals surface area contributed by atoms with Crippen molar-refractivity contribution in [1.82, 2.24) is 25.5 Å². The van der Waals surface area contributed by atoms with Crippen LogP contribution >= 0.6 is 24.0 Å². The number of piperazine rings is 1. The van der Waals surface area contributed by atoms with Crippen molar-refractivity contribution in [2.45, 2.75) is 13.3 Å². The summed E-state index contributed by atoms with van der Waals surface area (Å²) in [5.41, 5.74) is 0. The van der Waals surface area contributed by atoms with Crippen LogP contribution in [0.4, 0.5) is 5.95 Å². The molecule has 8 nitrogen and oxygen atoms in total. The van der Waals surface area contributed by atoms with Gasteiger partial charge in [0.25, 0.3) is 0 Å². The molecule has 0 radical (unpaired) electrons. The highest BCUT2D eigenvalue weighted by Crippen LogP contribution is 2.09. The van der Waals surface area contributed by atoms with Crippen molar-refractivity contribution in [3.8, 4) is 0 Å². The highest BCUT2D eigenvalue weighted by atomic mass is 127. The molecule has 2 heterocycles. The Balaban J connectivity index is 0.00000288. The Kier molecular flexibility index (Phi) is 9.35. The van der Waals surface area contributed by atoms with E-state index >= 15 is 0 Å². The minimum Gasteiger partial charge on any atom is -0.355 e. The second-order valence-electron chi connectivity index (χ2n) is 5.27. The Bertz CT molecular complexity index is 518. The molecular formula is C15H26IN7O. The molecule has 0 aromatic carbocycles. The average Bonchev–Trinajstić information content (AvgIpc) is 2.61. The fraction of sp³-hybridized carbons (Fsp3) is 0.600. The smallest absolute Gasteiger partial charge is 0.239 e. The van der Waals surface area contributed by atoms with E-state index in [9.17, 15) is 4.79 Å². The zero-order valence-electron chi connectivity index (χ0n) is 14.2. The van der Waals surface area contributed by atoms with Gasteiger partial charge in [0.1, 0.15) is 0 Å². The highest BCUT2D eigenvalue weighted by molar-refractivity contribution is 14.0. The highest BCUT2D eigenvalue weighted by Gasteiger charge is 2.21. The van der Waals surface area contributed by atoms with E-state index in [1.807, 2.05) is 13.0 Å². The van der Waals surface area contributed by atoms with E-state index in [-0.39, 0.29) is 36.4 Å². The lowest BCUT2D eigenvalue weighted by Gasteiger charge is -2.36. The van der Waals surface area contributed by atoms with E-state index in [0.29, 0.717) is 6.54 Å². The number of hydrogen-bond donors (Lipinski definition) is 2. The Morgan fingerprint density at radius 3 is 2.46 bits per heavy atom. The van der Waals surface area contributed by atoms with Gasteiger partial charge in [0.2, 0.25) is 11.9 Å².